The van der Waals surface area contributed by atoms with Crippen LogP contribution < -0.4 is 0 Å². The summed E-state index contributed by atoms with van der Waals surface area (Å²) in [6.07, 6.45) is 5.09. The third-order valence-electron chi connectivity index (χ3n) is 9.08. The highest BCUT2D eigenvalue weighted by Crippen LogP contribution is 2.63. The van der Waals surface area contributed by atoms with E-state index >= 15 is 0 Å². The van der Waals surface area contributed by atoms with Gasteiger partial charge in [0.25, 0.3) is 0 Å². The number of Topliss-reactive ketones (excluding diaryl/α,β-unsaturated/α-hetero) is 3. The summed E-state index contributed by atoms with van der Waals surface area (Å²) in [5, 5.41) is 34.7. The van der Waals surface area contributed by atoms with Gasteiger partial charge in [-0.1, -0.05) is 37.1 Å². The molecule has 0 aromatic carbocycles. The Balaban J connectivity index is 2.35. The van der Waals surface area contributed by atoms with Crippen LogP contribution in [0.4, 0.5) is 0 Å². The highest BCUT2D eigenvalue weighted by atomic mass is 16.3. The minimum atomic E-state index is -1.63. The summed E-state index contributed by atoms with van der Waals surface area (Å²) >= 11 is 0. The van der Waals surface area contributed by atoms with E-state index in [9.17, 15) is 29.7 Å². The van der Waals surface area contributed by atoms with Gasteiger partial charge < -0.3 is 15.3 Å². The van der Waals surface area contributed by atoms with E-state index in [0.29, 0.717) is 12.8 Å². The quantitative estimate of drug-likeness (QED) is 0.233. The van der Waals surface area contributed by atoms with E-state index in [4.69, 9.17) is 0 Å². The van der Waals surface area contributed by atoms with Crippen LogP contribution >= 0.6 is 0 Å². The predicted molar refractivity (Wildman–Crippen MR) is 144 cm³/mol. The van der Waals surface area contributed by atoms with Crippen molar-refractivity contribution in [3.8, 4) is 0 Å². The smallest absolute Gasteiger partial charge is 0.184 e. The second kappa shape index (κ2) is 9.92. The van der Waals surface area contributed by atoms with Gasteiger partial charge in [-0.25, -0.2) is 0 Å². The Labute approximate surface area is 221 Å². The minimum Gasteiger partial charge on any atom is -0.510 e. The molecule has 5 atom stereocenters. The zero-order chi connectivity index (χ0) is 28.1. The van der Waals surface area contributed by atoms with Crippen LogP contribution in [0.25, 0.3) is 0 Å². The molecule has 0 amide bonds. The molecular weight excluding hydrogens is 468 g/mol. The Morgan fingerprint density at radius 1 is 0.973 bits per heavy atom. The number of carbonyl (C=O) groups excluding carboxylic acids is 3. The van der Waals surface area contributed by atoms with Gasteiger partial charge in [0.1, 0.15) is 16.7 Å². The Morgan fingerprint density at radius 3 is 2.00 bits per heavy atom. The Hall–Kier alpha value is -2.05. The first kappa shape index (κ1) is 29.5. The van der Waals surface area contributed by atoms with Crippen LogP contribution in [0.15, 0.2) is 34.6 Å². The van der Waals surface area contributed by atoms with Gasteiger partial charge in [-0.2, -0.15) is 0 Å². The van der Waals surface area contributed by atoms with E-state index in [1.54, 1.807) is 13.8 Å². The van der Waals surface area contributed by atoms with Crippen LogP contribution in [-0.4, -0.2) is 43.9 Å². The first-order chi connectivity index (χ1) is 16.9. The summed E-state index contributed by atoms with van der Waals surface area (Å²) in [5.74, 6) is -2.79. The van der Waals surface area contributed by atoms with Crippen molar-refractivity contribution in [3.05, 3.63) is 34.6 Å². The maximum absolute atomic E-state index is 14.8. The molecule has 37 heavy (non-hydrogen) atoms. The van der Waals surface area contributed by atoms with Crippen LogP contribution in [0.3, 0.4) is 0 Å². The van der Waals surface area contributed by atoms with E-state index in [1.165, 1.54) is 0 Å². The molecule has 6 heteroatoms. The molecule has 5 unspecified atom stereocenters. The van der Waals surface area contributed by atoms with Gasteiger partial charge in [0, 0.05) is 6.42 Å². The number of aliphatic hydroxyl groups excluding tert-OH is 1. The van der Waals surface area contributed by atoms with Crippen LogP contribution in [0.1, 0.15) is 100 Å². The molecule has 206 valence electrons. The average Bonchev–Trinajstić information content (AvgIpc) is 3.06. The lowest BCUT2D eigenvalue weighted by Gasteiger charge is -2.54. The van der Waals surface area contributed by atoms with Crippen LogP contribution in [-0.2, 0) is 14.4 Å². The molecule has 0 bridgehead atoms. The number of hydrogen-bond acceptors (Lipinski definition) is 6. The Morgan fingerprint density at radius 2 is 1.51 bits per heavy atom. The van der Waals surface area contributed by atoms with Crippen LogP contribution in [0.5, 0.6) is 0 Å². The largest absolute Gasteiger partial charge is 0.510 e. The van der Waals surface area contributed by atoms with Crippen molar-refractivity contribution in [2.75, 3.05) is 0 Å². The fraction of sp³-hybridized carbons (Fsp3) is 0.710. The molecule has 0 heterocycles. The molecule has 0 aliphatic heterocycles. The summed E-state index contributed by atoms with van der Waals surface area (Å²) in [4.78, 5) is 42.5. The van der Waals surface area contributed by atoms with Crippen LogP contribution in [0.2, 0.25) is 0 Å². The maximum Gasteiger partial charge on any atom is 0.184 e. The van der Waals surface area contributed by atoms with Gasteiger partial charge in [-0.3, -0.25) is 14.4 Å². The maximum atomic E-state index is 14.8. The summed E-state index contributed by atoms with van der Waals surface area (Å²) in [7, 11) is 0. The van der Waals surface area contributed by atoms with Gasteiger partial charge in [0.2, 0.25) is 0 Å². The third-order valence-corrected chi connectivity index (χ3v) is 9.08. The molecule has 6 nitrogen and oxygen atoms in total. The van der Waals surface area contributed by atoms with Crippen molar-refractivity contribution in [1.29, 1.82) is 0 Å². The highest BCUT2D eigenvalue weighted by Gasteiger charge is 2.68. The zero-order valence-corrected chi connectivity index (χ0v) is 23.9. The molecule has 3 aliphatic rings. The number of allylic oxidation sites excluding steroid dienone is 6. The summed E-state index contributed by atoms with van der Waals surface area (Å²) in [6, 6.07) is 0. The van der Waals surface area contributed by atoms with Crippen molar-refractivity contribution in [2.45, 2.75) is 112 Å². The fourth-order valence-electron chi connectivity index (χ4n) is 7.11. The molecule has 3 N–H and O–H groups in total. The van der Waals surface area contributed by atoms with Crippen molar-refractivity contribution in [2.24, 2.45) is 28.6 Å². The summed E-state index contributed by atoms with van der Waals surface area (Å²) in [5.41, 5.74) is -4.10. The molecule has 2 saturated carbocycles. The predicted octanol–water partition coefficient (Wildman–Crippen LogP) is 5.57. The van der Waals surface area contributed by atoms with Crippen molar-refractivity contribution in [3.63, 3.8) is 0 Å². The van der Waals surface area contributed by atoms with E-state index in [0.717, 1.165) is 11.1 Å². The lowest BCUT2D eigenvalue weighted by atomic mass is 9.48. The SMILES string of the molecule is CC(C)=CCC1(CC=C(C)C)C(=O)C(C(=O)CC(C)C)=C(O)C2(CC3C(CCC3(C)O)C(C)(O)C2)C1=O. The van der Waals surface area contributed by atoms with Gasteiger partial charge in [-0.05, 0) is 97.8 Å². The number of carbonyl (C=O) groups is 3. The fourth-order valence-corrected chi connectivity index (χ4v) is 7.11. The van der Waals surface area contributed by atoms with E-state index in [2.05, 4.69) is 0 Å². The monoisotopic (exact) mass is 514 g/mol. The molecule has 3 aliphatic carbocycles. The Bertz CT molecular complexity index is 1040. The molecule has 1 spiro atoms. The molecule has 0 saturated heterocycles. The van der Waals surface area contributed by atoms with E-state index in [1.807, 2.05) is 53.7 Å². The molecule has 2 fully saturated rings. The number of rotatable bonds is 7. The lowest BCUT2D eigenvalue weighted by molar-refractivity contribution is -0.168. The van der Waals surface area contributed by atoms with Crippen LogP contribution in [0, 0.1) is 28.6 Å². The standard InChI is InChI=1S/C31H46O6/c1-18(2)9-13-30(14-10-19(3)4)25(33)24(23(32)15-20(5)6)26(34)31(27(30)35)16-22-21(29(8,37)17-31)11-12-28(22,7)36/h9-10,20-22,34,36-37H,11-17H2,1-8H3. The van der Waals surface area contributed by atoms with Gasteiger partial charge in [-0.15, -0.1) is 0 Å². The number of aliphatic hydroxyl groups is 3. The second-order valence-corrected chi connectivity index (χ2v) is 13.4. The lowest BCUT2D eigenvalue weighted by Crippen LogP contribution is -2.62. The summed E-state index contributed by atoms with van der Waals surface area (Å²) in [6.45, 7) is 14.7. The van der Waals surface area contributed by atoms with Crippen molar-refractivity contribution < 1.29 is 29.7 Å². The molecule has 3 rings (SSSR count). The first-order valence-electron chi connectivity index (χ1n) is 13.7. The van der Waals surface area contributed by atoms with E-state index < -0.39 is 51.1 Å². The second-order valence-electron chi connectivity index (χ2n) is 13.4. The molecule has 0 aromatic heterocycles. The van der Waals surface area contributed by atoms with Gasteiger partial charge >= 0.3 is 0 Å². The molecular formula is C31H46O6. The van der Waals surface area contributed by atoms with E-state index in [-0.39, 0.29) is 49.5 Å². The van der Waals surface area contributed by atoms with Gasteiger partial charge in [0.05, 0.1) is 16.6 Å². The molecule has 0 radical (unpaired) electrons. The van der Waals surface area contributed by atoms with Gasteiger partial charge in [0.15, 0.2) is 17.3 Å². The normalized spacial score (nSPS) is 35.1. The topological polar surface area (TPSA) is 112 Å². The number of hydrogen-bond donors (Lipinski definition) is 3. The number of ketones is 3. The summed E-state index contributed by atoms with van der Waals surface area (Å²) < 4.78 is 0. The third kappa shape index (κ3) is 5.04. The zero-order valence-electron chi connectivity index (χ0n) is 23.9. The Kier molecular flexibility index (Phi) is 7.91. The van der Waals surface area contributed by atoms with Crippen molar-refractivity contribution >= 4 is 17.3 Å². The minimum absolute atomic E-state index is 0.0476. The molecule has 0 aromatic rings. The van der Waals surface area contributed by atoms with Crippen molar-refractivity contribution in [1.82, 2.24) is 0 Å². The first-order valence-corrected chi connectivity index (χ1v) is 13.7. The number of fused-ring (bicyclic) bond motifs is 1. The highest BCUT2D eigenvalue weighted by molar-refractivity contribution is 6.31. The average molecular weight is 515 g/mol.